The van der Waals surface area contributed by atoms with Crippen molar-refractivity contribution in [2.45, 2.75) is 12.8 Å². The third-order valence-corrected chi connectivity index (χ3v) is 5.72. The van der Waals surface area contributed by atoms with Crippen molar-refractivity contribution in [3.8, 4) is 11.1 Å². The number of carboxylic acids is 1. The first-order chi connectivity index (χ1) is 13.6. The van der Waals surface area contributed by atoms with Gasteiger partial charge in [0.15, 0.2) is 5.69 Å². The number of rotatable bonds is 5. The van der Waals surface area contributed by atoms with Gasteiger partial charge >= 0.3 is 12.1 Å². The molecule has 4 rings (SSSR count). The van der Waals surface area contributed by atoms with Crippen LogP contribution in [-0.2, 0) is 4.74 Å². The third kappa shape index (κ3) is 3.03. The smallest absolute Gasteiger partial charge is 0.415 e. The monoisotopic (exact) mass is 394 g/mol. The number of aromatic carboxylic acids is 1. The Kier molecular flexibility index (Phi) is 4.83. The zero-order valence-electron chi connectivity index (χ0n) is 15.2. The minimum Gasteiger partial charge on any atom is -0.476 e. The van der Waals surface area contributed by atoms with Gasteiger partial charge in [-0.1, -0.05) is 48.5 Å². The highest BCUT2D eigenvalue weighted by Gasteiger charge is 2.30. The average molecular weight is 394 g/mol. The number of thiazole rings is 1. The molecule has 28 heavy (non-hydrogen) atoms. The third-order valence-electron chi connectivity index (χ3n) is 4.87. The van der Waals surface area contributed by atoms with Gasteiger partial charge in [-0.25, -0.2) is 14.6 Å². The van der Waals surface area contributed by atoms with E-state index < -0.39 is 12.1 Å². The van der Waals surface area contributed by atoms with E-state index >= 15 is 0 Å². The molecule has 0 saturated heterocycles. The Labute approximate surface area is 166 Å². The second kappa shape index (κ2) is 7.44. The van der Waals surface area contributed by atoms with Crippen molar-refractivity contribution < 1.29 is 19.4 Å². The highest BCUT2D eigenvalue weighted by molar-refractivity contribution is 7.14. The molecule has 7 heteroatoms. The molecule has 1 amide bonds. The van der Waals surface area contributed by atoms with E-state index in [0.29, 0.717) is 6.54 Å². The van der Waals surface area contributed by atoms with Gasteiger partial charge in [-0.05, 0) is 29.2 Å². The number of aromatic nitrogens is 1. The highest BCUT2D eigenvalue weighted by Crippen LogP contribution is 2.44. The van der Waals surface area contributed by atoms with Gasteiger partial charge in [0.05, 0.1) is 5.51 Å². The molecule has 0 unspecified atom stereocenters. The first kappa shape index (κ1) is 18.2. The highest BCUT2D eigenvalue weighted by atomic mass is 32.1. The fraction of sp³-hybridized carbons (Fsp3) is 0.190. The number of carbonyl (C=O) groups excluding carboxylic acids is 1. The van der Waals surface area contributed by atoms with Crippen LogP contribution in [0.2, 0.25) is 0 Å². The van der Waals surface area contributed by atoms with E-state index in [1.165, 1.54) is 10.4 Å². The Hall–Kier alpha value is -3.19. The van der Waals surface area contributed by atoms with E-state index in [1.54, 1.807) is 6.92 Å². The van der Waals surface area contributed by atoms with Gasteiger partial charge in [-0.15, -0.1) is 11.3 Å². The lowest BCUT2D eigenvalue weighted by Crippen LogP contribution is -2.32. The normalized spacial score (nSPS) is 12.3. The Balaban J connectivity index is 1.56. The Morgan fingerprint density at radius 1 is 1.11 bits per heavy atom. The molecule has 0 saturated carbocycles. The molecule has 0 radical (unpaired) electrons. The molecule has 0 aliphatic heterocycles. The second-order valence-corrected chi connectivity index (χ2v) is 7.19. The van der Waals surface area contributed by atoms with Crippen LogP contribution in [-0.4, -0.2) is 35.3 Å². The predicted molar refractivity (Wildman–Crippen MR) is 107 cm³/mol. The van der Waals surface area contributed by atoms with Crippen LogP contribution >= 0.6 is 11.3 Å². The van der Waals surface area contributed by atoms with Crippen LogP contribution in [0.4, 0.5) is 9.80 Å². The first-order valence-electron chi connectivity index (χ1n) is 8.91. The van der Waals surface area contributed by atoms with Crippen LogP contribution in [0.15, 0.2) is 54.0 Å². The summed E-state index contributed by atoms with van der Waals surface area (Å²) in [5.41, 5.74) is 5.84. The molecule has 0 fully saturated rings. The fourth-order valence-electron chi connectivity index (χ4n) is 3.61. The van der Waals surface area contributed by atoms with Crippen LogP contribution in [0.5, 0.6) is 0 Å². The van der Waals surface area contributed by atoms with Crippen molar-refractivity contribution >= 4 is 28.4 Å². The van der Waals surface area contributed by atoms with E-state index in [4.69, 9.17) is 4.74 Å². The summed E-state index contributed by atoms with van der Waals surface area (Å²) in [6.45, 7) is 2.25. The molecule has 1 heterocycles. The Morgan fingerprint density at radius 3 is 2.29 bits per heavy atom. The summed E-state index contributed by atoms with van der Waals surface area (Å²) < 4.78 is 5.62. The molecular formula is C21H18N2O4S. The maximum Gasteiger partial charge on any atom is 0.415 e. The molecule has 0 spiro atoms. The molecular weight excluding hydrogens is 376 g/mol. The van der Waals surface area contributed by atoms with Crippen molar-refractivity contribution in [1.29, 1.82) is 0 Å². The largest absolute Gasteiger partial charge is 0.476 e. The zero-order valence-corrected chi connectivity index (χ0v) is 16.0. The number of amides is 1. The maximum atomic E-state index is 12.7. The summed E-state index contributed by atoms with van der Waals surface area (Å²) in [6, 6.07) is 16.2. The van der Waals surface area contributed by atoms with Gasteiger partial charge in [0.2, 0.25) is 0 Å². The van der Waals surface area contributed by atoms with Crippen molar-refractivity contribution in [2.24, 2.45) is 0 Å². The van der Waals surface area contributed by atoms with E-state index in [9.17, 15) is 14.7 Å². The van der Waals surface area contributed by atoms with Crippen LogP contribution in [0, 0.1) is 0 Å². The summed E-state index contributed by atoms with van der Waals surface area (Å²) in [4.78, 5) is 29.2. The van der Waals surface area contributed by atoms with Crippen molar-refractivity contribution in [2.75, 3.05) is 18.1 Å². The van der Waals surface area contributed by atoms with Crippen LogP contribution in [0.25, 0.3) is 11.1 Å². The van der Waals surface area contributed by atoms with Crippen LogP contribution in [0.1, 0.15) is 34.5 Å². The number of hydrogen-bond acceptors (Lipinski definition) is 5. The summed E-state index contributed by atoms with van der Waals surface area (Å²) in [5, 5.41) is 9.55. The predicted octanol–water partition coefficient (Wildman–Crippen LogP) is 4.62. The number of nitrogens with zero attached hydrogens (tertiary/aromatic N) is 2. The first-order valence-corrected chi connectivity index (χ1v) is 9.79. The zero-order chi connectivity index (χ0) is 19.7. The van der Waals surface area contributed by atoms with E-state index in [1.807, 2.05) is 24.3 Å². The lowest BCUT2D eigenvalue weighted by molar-refractivity contribution is 0.0692. The van der Waals surface area contributed by atoms with Crippen molar-refractivity contribution in [3.05, 3.63) is 70.9 Å². The Bertz CT molecular complexity index is 1000. The summed E-state index contributed by atoms with van der Waals surface area (Å²) in [7, 11) is 0. The fourth-order valence-corrected chi connectivity index (χ4v) is 4.45. The number of benzene rings is 2. The van der Waals surface area contributed by atoms with Gasteiger partial charge in [0.25, 0.3) is 0 Å². The number of anilines is 1. The molecule has 1 aliphatic carbocycles. The average Bonchev–Trinajstić information content (AvgIpc) is 3.30. The molecule has 1 aromatic heterocycles. The number of carboxylic acid groups (broad SMARTS) is 1. The molecule has 1 aliphatic rings. The van der Waals surface area contributed by atoms with Gasteiger partial charge in [-0.2, -0.15) is 0 Å². The molecule has 142 valence electrons. The van der Waals surface area contributed by atoms with E-state index in [-0.39, 0.29) is 23.2 Å². The number of hydrogen-bond donors (Lipinski definition) is 1. The van der Waals surface area contributed by atoms with Crippen molar-refractivity contribution in [3.63, 3.8) is 0 Å². The molecule has 2 aromatic carbocycles. The molecule has 1 N–H and O–H groups in total. The Morgan fingerprint density at radius 2 is 1.71 bits per heavy atom. The molecule has 3 aromatic rings. The number of carbonyl (C=O) groups is 2. The van der Waals surface area contributed by atoms with Gasteiger partial charge in [0.1, 0.15) is 11.6 Å². The van der Waals surface area contributed by atoms with Gasteiger partial charge in [0, 0.05) is 12.5 Å². The van der Waals surface area contributed by atoms with Crippen molar-refractivity contribution in [1.82, 2.24) is 4.98 Å². The van der Waals surface area contributed by atoms with Gasteiger partial charge < -0.3 is 9.84 Å². The minimum absolute atomic E-state index is 0.0459. The number of fused-ring (bicyclic) bond motifs is 3. The topological polar surface area (TPSA) is 79.7 Å². The SMILES string of the molecule is CCN(C(=O)OCC1c2ccccc2-c2ccccc21)c1scnc1C(=O)O. The van der Waals surface area contributed by atoms with E-state index in [2.05, 4.69) is 29.2 Å². The second-order valence-electron chi connectivity index (χ2n) is 6.36. The maximum absolute atomic E-state index is 12.7. The summed E-state index contributed by atoms with van der Waals surface area (Å²) in [6.07, 6.45) is -0.573. The van der Waals surface area contributed by atoms with E-state index in [0.717, 1.165) is 33.6 Å². The van der Waals surface area contributed by atoms with Gasteiger partial charge in [-0.3, -0.25) is 4.90 Å². The summed E-state index contributed by atoms with van der Waals surface area (Å²) >= 11 is 1.11. The lowest BCUT2D eigenvalue weighted by Gasteiger charge is -2.21. The van der Waals surface area contributed by atoms with Crippen LogP contribution < -0.4 is 4.90 Å². The molecule has 0 atom stereocenters. The summed E-state index contributed by atoms with van der Waals surface area (Å²) in [5.74, 6) is -1.21. The quantitative estimate of drug-likeness (QED) is 0.683. The van der Waals surface area contributed by atoms with Crippen LogP contribution in [0.3, 0.4) is 0 Å². The lowest BCUT2D eigenvalue weighted by atomic mass is 9.98. The molecule has 6 nitrogen and oxygen atoms in total. The standard InChI is InChI=1S/C21H18N2O4S/c1-2-23(19-18(20(24)25)22-12-28-19)21(26)27-11-17-15-9-5-3-7-13(15)14-8-4-6-10-16(14)17/h3-10,12,17H,2,11H2,1H3,(H,24,25). The molecule has 0 bridgehead atoms. The minimum atomic E-state index is -1.17. The number of ether oxygens (including phenoxy) is 1.